The molecule has 0 spiro atoms. The third-order valence-corrected chi connectivity index (χ3v) is 2.41. The summed E-state index contributed by atoms with van der Waals surface area (Å²) in [5.74, 6) is 1.21. The van der Waals surface area contributed by atoms with Gasteiger partial charge in [-0.25, -0.2) is 4.98 Å². The Balaban J connectivity index is 2.33. The lowest BCUT2D eigenvalue weighted by Gasteiger charge is -2.09. The van der Waals surface area contributed by atoms with Crippen LogP contribution in [0.3, 0.4) is 0 Å². The number of rotatable bonds is 6. The number of hydrogen-bond donors (Lipinski definition) is 3. The van der Waals surface area contributed by atoms with Crippen molar-refractivity contribution in [3.63, 3.8) is 0 Å². The molecule has 0 amide bonds. The van der Waals surface area contributed by atoms with Gasteiger partial charge in [0.15, 0.2) is 0 Å². The van der Waals surface area contributed by atoms with Crippen LogP contribution in [-0.4, -0.2) is 39.8 Å². The minimum Gasteiger partial charge on any atom is -0.395 e. The summed E-state index contributed by atoms with van der Waals surface area (Å²) in [6.07, 6.45) is 1.73. The Bertz CT molecular complexity index is 518. The minimum atomic E-state index is 0.0354. The summed E-state index contributed by atoms with van der Waals surface area (Å²) in [6.45, 7) is 3.23. The highest BCUT2D eigenvalue weighted by Crippen LogP contribution is 2.19. The minimum absolute atomic E-state index is 0.0354. The largest absolute Gasteiger partial charge is 0.395 e. The van der Waals surface area contributed by atoms with Crippen molar-refractivity contribution in [2.24, 2.45) is 0 Å². The van der Waals surface area contributed by atoms with E-state index in [0.717, 1.165) is 23.8 Å². The highest BCUT2D eigenvalue weighted by Gasteiger charge is 2.06. The van der Waals surface area contributed by atoms with E-state index < -0.39 is 0 Å². The first kappa shape index (κ1) is 13.2. The zero-order valence-electron chi connectivity index (χ0n) is 10.8. The zero-order valence-corrected chi connectivity index (χ0v) is 10.8. The normalized spacial score (nSPS) is 10.2. The molecule has 2 rings (SSSR count). The molecule has 3 N–H and O–H groups in total. The average molecular weight is 259 g/mol. The van der Waals surface area contributed by atoms with Crippen molar-refractivity contribution in [3.05, 3.63) is 30.5 Å². The van der Waals surface area contributed by atoms with Crippen LogP contribution in [0.2, 0.25) is 0 Å². The van der Waals surface area contributed by atoms with E-state index in [1.165, 1.54) is 0 Å². The topological polar surface area (TPSA) is 83.0 Å². The lowest BCUT2D eigenvalue weighted by Crippen LogP contribution is -2.11. The smallest absolute Gasteiger partial charge is 0.225 e. The Morgan fingerprint density at radius 2 is 2.05 bits per heavy atom. The fourth-order valence-corrected chi connectivity index (χ4v) is 1.61. The van der Waals surface area contributed by atoms with Crippen LogP contribution in [0.1, 0.15) is 6.92 Å². The van der Waals surface area contributed by atoms with Crippen molar-refractivity contribution >= 4 is 11.8 Å². The number of anilines is 2. The molecular formula is C13H17N5O. The monoisotopic (exact) mass is 259 g/mol. The maximum Gasteiger partial charge on any atom is 0.225 e. The van der Waals surface area contributed by atoms with Crippen LogP contribution in [0.5, 0.6) is 0 Å². The van der Waals surface area contributed by atoms with E-state index in [2.05, 4.69) is 25.6 Å². The summed E-state index contributed by atoms with van der Waals surface area (Å²) in [7, 11) is 0. The number of nitrogens with zero attached hydrogens (tertiary/aromatic N) is 3. The second kappa shape index (κ2) is 6.65. The lowest BCUT2D eigenvalue weighted by atomic mass is 10.2. The van der Waals surface area contributed by atoms with Crippen LogP contribution in [0.15, 0.2) is 30.5 Å². The van der Waals surface area contributed by atoms with Gasteiger partial charge >= 0.3 is 0 Å². The molecule has 0 fully saturated rings. The summed E-state index contributed by atoms with van der Waals surface area (Å²) in [6, 6.07) is 7.53. The highest BCUT2D eigenvalue weighted by molar-refractivity contribution is 5.60. The third kappa shape index (κ3) is 3.62. The Morgan fingerprint density at radius 3 is 2.74 bits per heavy atom. The second-order valence-corrected chi connectivity index (χ2v) is 3.86. The van der Waals surface area contributed by atoms with E-state index in [1.54, 1.807) is 6.20 Å². The third-order valence-electron chi connectivity index (χ3n) is 2.41. The Hall–Kier alpha value is -2.21. The van der Waals surface area contributed by atoms with Crippen molar-refractivity contribution in [1.82, 2.24) is 15.0 Å². The van der Waals surface area contributed by atoms with Gasteiger partial charge in [-0.15, -0.1) is 0 Å². The fraction of sp³-hybridized carbons (Fsp3) is 0.308. The van der Waals surface area contributed by atoms with Gasteiger partial charge < -0.3 is 15.7 Å². The summed E-state index contributed by atoms with van der Waals surface area (Å²) < 4.78 is 0. The SMILES string of the molecule is CCNc1cc(-c2ccccn2)nc(NCCO)n1. The van der Waals surface area contributed by atoms with Gasteiger partial charge in [0.25, 0.3) is 0 Å². The molecule has 0 unspecified atom stereocenters. The van der Waals surface area contributed by atoms with Gasteiger partial charge in [0.05, 0.1) is 18.0 Å². The number of pyridine rings is 1. The molecule has 2 aromatic heterocycles. The summed E-state index contributed by atoms with van der Waals surface area (Å²) in [4.78, 5) is 13.0. The predicted octanol–water partition coefficient (Wildman–Crippen LogP) is 1.37. The summed E-state index contributed by atoms with van der Waals surface area (Å²) in [5.41, 5.74) is 1.53. The Morgan fingerprint density at radius 1 is 1.16 bits per heavy atom. The molecule has 2 heterocycles. The van der Waals surface area contributed by atoms with Gasteiger partial charge in [-0.2, -0.15) is 4.98 Å². The van der Waals surface area contributed by atoms with E-state index in [9.17, 15) is 0 Å². The van der Waals surface area contributed by atoms with E-state index in [0.29, 0.717) is 12.5 Å². The van der Waals surface area contributed by atoms with Gasteiger partial charge in [0.1, 0.15) is 5.82 Å². The van der Waals surface area contributed by atoms with Gasteiger partial charge in [-0.05, 0) is 19.1 Å². The summed E-state index contributed by atoms with van der Waals surface area (Å²) >= 11 is 0. The van der Waals surface area contributed by atoms with Crippen molar-refractivity contribution in [2.45, 2.75) is 6.92 Å². The first-order valence-electron chi connectivity index (χ1n) is 6.22. The molecule has 0 saturated carbocycles. The molecule has 0 radical (unpaired) electrons. The molecule has 0 saturated heterocycles. The van der Waals surface area contributed by atoms with E-state index in [-0.39, 0.29) is 6.61 Å². The molecule has 2 aromatic rings. The second-order valence-electron chi connectivity index (χ2n) is 3.86. The maximum atomic E-state index is 8.84. The van der Waals surface area contributed by atoms with E-state index >= 15 is 0 Å². The number of aromatic nitrogens is 3. The van der Waals surface area contributed by atoms with Crippen molar-refractivity contribution in [2.75, 3.05) is 30.3 Å². The molecule has 0 aromatic carbocycles. The van der Waals surface area contributed by atoms with E-state index in [4.69, 9.17) is 5.11 Å². The van der Waals surface area contributed by atoms with Gasteiger partial charge in [0, 0.05) is 25.4 Å². The molecular weight excluding hydrogens is 242 g/mol. The number of aliphatic hydroxyl groups is 1. The zero-order chi connectivity index (χ0) is 13.5. The van der Waals surface area contributed by atoms with Crippen LogP contribution < -0.4 is 10.6 Å². The van der Waals surface area contributed by atoms with Crippen molar-refractivity contribution < 1.29 is 5.11 Å². The summed E-state index contributed by atoms with van der Waals surface area (Å²) in [5, 5.41) is 15.0. The lowest BCUT2D eigenvalue weighted by molar-refractivity contribution is 0.311. The molecule has 0 aliphatic heterocycles. The van der Waals surface area contributed by atoms with Crippen molar-refractivity contribution in [3.8, 4) is 11.4 Å². The molecule has 0 bridgehead atoms. The fourth-order valence-electron chi connectivity index (χ4n) is 1.61. The number of aliphatic hydroxyl groups excluding tert-OH is 1. The van der Waals surface area contributed by atoms with Crippen LogP contribution in [0.25, 0.3) is 11.4 Å². The molecule has 19 heavy (non-hydrogen) atoms. The first-order chi connectivity index (χ1) is 9.33. The molecule has 0 aliphatic rings. The quantitative estimate of drug-likeness (QED) is 0.727. The van der Waals surface area contributed by atoms with Crippen LogP contribution in [-0.2, 0) is 0 Å². The highest BCUT2D eigenvalue weighted by atomic mass is 16.3. The van der Waals surface area contributed by atoms with Crippen LogP contribution in [0.4, 0.5) is 11.8 Å². The Labute approximate surface area is 112 Å². The van der Waals surface area contributed by atoms with E-state index in [1.807, 2.05) is 31.2 Å². The Kier molecular flexibility index (Phi) is 4.63. The number of nitrogens with one attached hydrogen (secondary N) is 2. The predicted molar refractivity (Wildman–Crippen MR) is 75.0 cm³/mol. The molecule has 6 nitrogen and oxygen atoms in total. The standard InChI is InChI=1S/C13H17N5O/c1-2-14-12-9-11(10-5-3-4-6-15-10)17-13(18-12)16-7-8-19/h3-6,9,19H,2,7-8H2,1H3,(H2,14,16,17,18). The van der Waals surface area contributed by atoms with Crippen molar-refractivity contribution in [1.29, 1.82) is 0 Å². The first-order valence-corrected chi connectivity index (χ1v) is 6.22. The van der Waals surface area contributed by atoms with Crippen LogP contribution in [0, 0.1) is 0 Å². The van der Waals surface area contributed by atoms with Gasteiger partial charge in [-0.1, -0.05) is 6.07 Å². The molecule has 0 atom stereocenters. The molecule has 100 valence electrons. The molecule has 0 aliphatic carbocycles. The molecule has 6 heteroatoms. The maximum absolute atomic E-state index is 8.84. The number of hydrogen-bond acceptors (Lipinski definition) is 6. The van der Waals surface area contributed by atoms with Gasteiger partial charge in [0.2, 0.25) is 5.95 Å². The average Bonchev–Trinajstić information content (AvgIpc) is 2.46. The van der Waals surface area contributed by atoms with Crippen LogP contribution >= 0.6 is 0 Å². The van der Waals surface area contributed by atoms with Gasteiger partial charge in [-0.3, -0.25) is 4.98 Å².